The molecule has 144 valence electrons. The summed E-state index contributed by atoms with van der Waals surface area (Å²) in [7, 11) is 1.65. The number of nitrogens with zero attached hydrogens (tertiary/aromatic N) is 1. The lowest BCUT2D eigenvalue weighted by Gasteiger charge is -2.26. The van der Waals surface area contributed by atoms with Crippen molar-refractivity contribution < 1.29 is 14.3 Å². The van der Waals surface area contributed by atoms with E-state index in [-0.39, 0.29) is 12.1 Å². The van der Waals surface area contributed by atoms with E-state index in [1.165, 1.54) is 38.8 Å². The van der Waals surface area contributed by atoms with Gasteiger partial charge in [0.15, 0.2) is 0 Å². The molecular formula is C20H31N3O3. The molecule has 2 aliphatic rings. The van der Waals surface area contributed by atoms with Crippen molar-refractivity contribution in [3.05, 3.63) is 23.8 Å². The van der Waals surface area contributed by atoms with E-state index in [2.05, 4.69) is 15.5 Å². The van der Waals surface area contributed by atoms with Crippen LogP contribution in [0.3, 0.4) is 0 Å². The number of hydrogen-bond donors (Lipinski definition) is 2. The zero-order valence-electron chi connectivity index (χ0n) is 15.8. The summed E-state index contributed by atoms with van der Waals surface area (Å²) >= 11 is 0. The molecule has 0 aromatic heterocycles. The molecule has 2 aliphatic heterocycles. The van der Waals surface area contributed by atoms with Gasteiger partial charge in [0.05, 0.1) is 13.2 Å². The minimum absolute atomic E-state index is 0.0137. The fourth-order valence-electron chi connectivity index (χ4n) is 3.69. The Hall–Kier alpha value is -1.95. The van der Waals surface area contributed by atoms with Gasteiger partial charge in [-0.3, -0.25) is 0 Å². The van der Waals surface area contributed by atoms with Crippen LogP contribution in [-0.4, -0.2) is 56.9 Å². The predicted octanol–water partition coefficient (Wildman–Crippen LogP) is 2.56. The lowest BCUT2D eigenvalue weighted by atomic mass is 10.0. The first-order valence-electron chi connectivity index (χ1n) is 9.81. The summed E-state index contributed by atoms with van der Waals surface area (Å²) in [5.41, 5.74) is 1.07. The first-order valence-corrected chi connectivity index (χ1v) is 9.81. The number of benzene rings is 1. The van der Waals surface area contributed by atoms with Crippen molar-refractivity contribution in [2.45, 2.75) is 44.6 Å². The van der Waals surface area contributed by atoms with E-state index in [1.807, 2.05) is 18.2 Å². The molecule has 0 radical (unpaired) electrons. The molecule has 0 bridgehead atoms. The van der Waals surface area contributed by atoms with Crippen molar-refractivity contribution in [2.75, 3.05) is 39.9 Å². The molecule has 6 heteroatoms. The molecule has 3 rings (SSSR count). The van der Waals surface area contributed by atoms with Gasteiger partial charge in [0.25, 0.3) is 0 Å². The first kappa shape index (κ1) is 18.8. The van der Waals surface area contributed by atoms with E-state index in [9.17, 15) is 4.79 Å². The Morgan fingerprint density at radius 3 is 2.85 bits per heavy atom. The molecular weight excluding hydrogens is 330 g/mol. The largest absolute Gasteiger partial charge is 0.497 e. The fourth-order valence-corrected chi connectivity index (χ4v) is 3.69. The minimum Gasteiger partial charge on any atom is -0.497 e. The SMILES string of the molecule is COc1ccc2c(c1)CC(NC(=O)NCCCN1CCCCCC1)CO2. The minimum atomic E-state index is -0.110. The second-order valence-corrected chi connectivity index (χ2v) is 7.20. The standard InChI is InChI=1S/C20H31N3O3/c1-25-18-7-8-19-16(14-18)13-17(15-26-19)22-20(24)21-9-6-12-23-10-4-2-3-5-11-23/h7-8,14,17H,2-6,9-13,15H2,1H3,(H2,21,22,24). The maximum atomic E-state index is 12.1. The van der Waals surface area contributed by atoms with Crippen molar-refractivity contribution >= 4 is 6.03 Å². The molecule has 1 aromatic carbocycles. The average molecular weight is 361 g/mol. The summed E-state index contributed by atoms with van der Waals surface area (Å²) < 4.78 is 11.0. The van der Waals surface area contributed by atoms with E-state index >= 15 is 0 Å². The number of hydrogen-bond acceptors (Lipinski definition) is 4. The smallest absolute Gasteiger partial charge is 0.315 e. The van der Waals surface area contributed by atoms with Gasteiger partial charge in [0.1, 0.15) is 18.1 Å². The monoisotopic (exact) mass is 361 g/mol. The summed E-state index contributed by atoms with van der Waals surface area (Å²) in [5.74, 6) is 1.69. The number of carbonyl (C=O) groups excluding carboxylic acids is 1. The van der Waals surface area contributed by atoms with Crippen LogP contribution in [0.25, 0.3) is 0 Å². The summed E-state index contributed by atoms with van der Waals surface area (Å²) in [6.45, 7) is 4.68. The highest BCUT2D eigenvalue weighted by atomic mass is 16.5. The topological polar surface area (TPSA) is 62.8 Å². The van der Waals surface area contributed by atoms with Gasteiger partial charge in [-0.05, 0) is 69.1 Å². The zero-order valence-corrected chi connectivity index (χ0v) is 15.8. The molecule has 1 atom stereocenters. The van der Waals surface area contributed by atoms with E-state index in [0.717, 1.165) is 36.4 Å². The number of rotatable bonds is 6. The number of carbonyl (C=O) groups is 1. The van der Waals surface area contributed by atoms with Gasteiger partial charge in [-0.2, -0.15) is 0 Å². The Bertz CT molecular complexity index is 586. The van der Waals surface area contributed by atoms with E-state index < -0.39 is 0 Å². The molecule has 6 nitrogen and oxygen atoms in total. The molecule has 1 fully saturated rings. The second kappa shape index (κ2) is 9.67. The lowest BCUT2D eigenvalue weighted by Crippen LogP contribution is -2.47. The fraction of sp³-hybridized carbons (Fsp3) is 0.650. The molecule has 2 heterocycles. The third-order valence-electron chi connectivity index (χ3n) is 5.14. The Morgan fingerprint density at radius 1 is 1.27 bits per heavy atom. The van der Waals surface area contributed by atoms with Crippen LogP contribution in [0.1, 0.15) is 37.7 Å². The first-order chi connectivity index (χ1) is 12.7. The number of likely N-dealkylation sites (tertiary alicyclic amines) is 1. The summed E-state index contributed by atoms with van der Waals surface area (Å²) in [6, 6.07) is 5.67. The Morgan fingerprint density at radius 2 is 2.08 bits per heavy atom. The maximum absolute atomic E-state index is 12.1. The number of fused-ring (bicyclic) bond motifs is 1. The summed E-state index contributed by atoms with van der Waals surface area (Å²) in [4.78, 5) is 14.7. The van der Waals surface area contributed by atoms with E-state index in [4.69, 9.17) is 9.47 Å². The van der Waals surface area contributed by atoms with Gasteiger partial charge in [0.2, 0.25) is 0 Å². The van der Waals surface area contributed by atoms with Crippen LogP contribution in [0.4, 0.5) is 4.79 Å². The van der Waals surface area contributed by atoms with Crippen molar-refractivity contribution in [3.8, 4) is 11.5 Å². The van der Waals surface area contributed by atoms with Crippen LogP contribution in [0.5, 0.6) is 11.5 Å². The molecule has 0 spiro atoms. The quantitative estimate of drug-likeness (QED) is 0.765. The van der Waals surface area contributed by atoms with Crippen LogP contribution < -0.4 is 20.1 Å². The third-order valence-corrected chi connectivity index (χ3v) is 5.14. The number of ether oxygens (including phenoxy) is 2. The molecule has 0 saturated carbocycles. The van der Waals surface area contributed by atoms with Gasteiger partial charge >= 0.3 is 6.03 Å². The van der Waals surface area contributed by atoms with Crippen LogP contribution in [-0.2, 0) is 6.42 Å². The van der Waals surface area contributed by atoms with E-state index in [1.54, 1.807) is 7.11 Å². The van der Waals surface area contributed by atoms with Gasteiger partial charge in [-0.1, -0.05) is 12.8 Å². The highest BCUT2D eigenvalue weighted by molar-refractivity contribution is 5.74. The van der Waals surface area contributed by atoms with Crippen LogP contribution in [0, 0.1) is 0 Å². The zero-order chi connectivity index (χ0) is 18.2. The summed E-state index contributed by atoms with van der Waals surface area (Å²) in [5, 5.41) is 5.99. The summed E-state index contributed by atoms with van der Waals surface area (Å²) in [6.07, 6.45) is 7.08. The van der Waals surface area contributed by atoms with Crippen LogP contribution in [0.2, 0.25) is 0 Å². The molecule has 2 amide bonds. The number of methoxy groups -OCH3 is 1. The molecule has 26 heavy (non-hydrogen) atoms. The Balaban J connectivity index is 1.35. The normalized spacial score (nSPS) is 20.4. The molecule has 1 aromatic rings. The molecule has 0 aliphatic carbocycles. The third kappa shape index (κ3) is 5.53. The van der Waals surface area contributed by atoms with Gasteiger partial charge < -0.3 is 25.0 Å². The number of urea groups is 1. The second-order valence-electron chi connectivity index (χ2n) is 7.20. The highest BCUT2D eigenvalue weighted by Gasteiger charge is 2.21. The van der Waals surface area contributed by atoms with Gasteiger partial charge in [-0.15, -0.1) is 0 Å². The van der Waals surface area contributed by atoms with Crippen molar-refractivity contribution in [1.29, 1.82) is 0 Å². The number of amides is 2. The predicted molar refractivity (Wildman–Crippen MR) is 102 cm³/mol. The average Bonchev–Trinajstić information content (AvgIpc) is 2.93. The molecule has 1 saturated heterocycles. The Kier molecular flexibility index (Phi) is 7.00. The van der Waals surface area contributed by atoms with E-state index in [0.29, 0.717) is 13.2 Å². The van der Waals surface area contributed by atoms with Gasteiger partial charge in [-0.25, -0.2) is 4.79 Å². The van der Waals surface area contributed by atoms with Crippen molar-refractivity contribution in [3.63, 3.8) is 0 Å². The van der Waals surface area contributed by atoms with Crippen LogP contribution in [0.15, 0.2) is 18.2 Å². The molecule has 1 unspecified atom stereocenters. The van der Waals surface area contributed by atoms with Crippen molar-refractivity contribution in [2.24, 2.45) is 0 Å². The molecule has 2 N–H and O–H groups in total. The Labute approximate surface area is 156 Å². The highest BCUT2D eigenvalue weighted by Crippen LogP contribution is 2.28. The number of nitrogens with one attached hydrogen (secondary N) is 2. The van der Waals surface area contributed by atoms with Crippen LogP contribution >= 0.6 is 0 Å². The maximum Gasteiger partial charge on any atom is 0.315 e. The lowest BCUT2D eigenvalue weighted by molar-refractivity contribution is 0.213. The van der Waals surface area contributed by atoms with Crippen molar-refractivity contribution in [1.82, 2.24) is 15.5 Å². The van der Waals surface area contributed by atoms with Gasteiger partial charge in [0, 0.05) is 6.54 Å².